The van der Waals surface area contributed by atoms with Crippen molar-refractivity contribution in [1.29, 1.82) is 0 Å². The highest BCUT2D eigenvalue weighted by atomic mass is 16.5. The van der Waals surface area contributed by atoms with Gasteiger partial charge >= 0.3 is 0 Å². The first-order chi connectivity index (χ1) is 9.19. The average molecular weight is 268 g/mol. The number of hydrogen-bond donors (Lipinski definition) is 0. The van der Waals surface area contributed by atoms with Crippen LogP contribution in [0, 0.1) is 5.92 Å². The summed E-state index contributed by atoms with van der Waals surface area (Å²) in [7, 11) is 1.74. The van der Waals surface area contributed by atoms with Gasteiger partial charge in [-0.25, -0.2) is 0 Å². The van der Waals surface area contributed by atoms with Crippen molar-refractivity contribution in [3.8, 4) is 0 Å². The highest BCUT2D eigenvalue weighted by molar-refractivity contribution is 5.84. The number of ether oxygens (including phenoxy) is 1. The van der Waals surface area contributed by atoms with E-state index in [4.69, 9.17) is 4.74 Å². The molecule has 0 atom stereocenters. The van der Waals surface area contributed by atoms with Crippen LogP contribution in [0.2, 0.25) is 0 Å². The van der Waals surface area contributed by atoms with Crippen molar-refractivity contribution < 1.29 is 14.3 Å². The third-order valence-corrected chi connectivity index (χ3v) is 4.14. The van der Waals surface area contributed by atoms with E-state index in [0.717, 1.165) is 32.5 Å². The van der Waals surface area contributed by atoms with Crippen molar-refractivity contribution in [3.05, 3.63) is 0 Å². The maximum Gasteiger partial charge on any atom is 0.236 e. The van der Waals surface area contributed by atoms with Gasteiger partial charge in [-0.15, -0.1) is 0 Å². The van der Waals surface area contributed by atoms with Gasteiger partial charge in [0.1, 0.15) is 5.78 Å². The third kappa shape index (κ3) is 4.28. The molecule has 2 aliphatic rings. The Kier molecular flexibility index (Phi) is 5.34. The van der Waals surface area contributed by atoms with Gasteiger partial charge in [-0.3, -0.25) is 14.5 Å². The van der Waals surface area contributed by atoms with Crippen LogP contribution in [0.4, 0.5) is 0 Å². The summed E-state index contributed by atoms with van der Waals surface area (Å²) < 4.78 is 5.18. The van der Waals surface area contributed by atoms with Crippen molar-refractivity contribution in [2.45, 2.75) is 25.7 Å². The van der Waals surface area contributed by atoms with Gasteiger partial charge in [-0.2, -0.15) is 0 Å². The molecule has 1 amide bonds. The monoisotopic (exact) mass is 268 g/mol. The molecule has 0 bridgehead atoms. The van der Waals surface area contributed by atoms with E-state index in [9.17, 15) is 9.59 Å². The van der Waals surface area contributed by atoms with Crippen LogP contribution in [0.1, 0.15) is 25.7 Å². The van der Waals surface area contributed by atoms with Gasteiger partial charge < -0.3 is 9.64 Å². The fraction of sp³-hybridized carbons (Fsp3) is 0.857. The second kappa shape index (κ2) is 7.01. The third-order valence-electron chi connectivity index (χ3n) is 4.14. The molecule has 0 aromatic heterocycles. The Morgan fingerprint density at radius 3 is 2.42 bits per heavy atom. The van der Waals surface area contributed by atoms with Gasteiger partial charge in [0.15, 0.2) is 0 Å². The summed E-state index contributed by atoms with van der Waals surface area (Å²) in [5.41, 5.74) is 0. The predicted octanol–water partition coefficient (Wildman–Crippen LogP) is 0.536. The largest absolute Gasteiger partial charge is 0.384 e. The molecule has 5 nitrogen and oxygen atoms in total. The van der Waals surface area contributed by atoms with E-state index in [2.05, 4.69) is 4.90 Å². The van der Waals surface area contributed by atoms with Crippen molar-refractivity contribution in [2.75, 3.05) is 46.4 Å². The van der Waals surface area contributed by atoms with Gasteiger partial charge in [0.25, 0.3) is 0 Å². The molecular weight excluding hydrogens is 244 g/mol. The van der Waals surface area contributed by atoms with Crippen LogP contribution in [0.15, 0.2) is 0 Å². The Labute approximate surface area is 114 Å². The molecule has 2 fully saturated rings. The molecule has 0 aliphatic carbocycles. The normalized spacial score (nSPS) is 22.8. The molecule has 0 aromatic carbocycles. The minimum atomic E-state index is 0.178. The van der Waals surface area contributed by atoms with E-state index >= 15 is 0 Å². The number of carbonyl (C=O) groups is 2. The molecule has 0 aromatic rings. The Morgan fingerprint density at radius 2 is 1.84 bits per heavy atom. The molecule has 2 heterocycles. The maximum atomic E-state index is 12.1. The summed E-state index contributed by atoms with van der Waals surface area (Å²) in [5, 5.41) is 0. The zero-order valence-electron chi connectivity index (χ0n) is 11.8. The number of hydrogen-bond acceptors (Lipinski definition) is 4. The SMILES string of the molecule is COCC1CCN(CC(=O)N2CCC(=O)CC2)CC1. The molecule has 5 heteroatoms. The Morgan fingerprint density at radius 1 is 1.21 bits per heavy atom. The number of piperidine rings is 2. The lowest BCUT2D eigenvalue weighted by Gasteiger charge is -2.33. The second-order valence-electron chi connectivity index (χ2n) is 5.59. The summed E-state index contributed by atoms with van der Waals surface area (Å²) >= 11 is 0. The summed E-state index contributed by atoms with van der Waals surface area (Å²) in [6.07, 6.45) is 3.28. The van der Waals surface area contributed by atoms with Crippen molar-refractivity contribution in [1.82, 2.24) is 9.80 Å². The van der Waals surface area contributed by atoms with Gasteiger partial charge in [-0.05, 0) is 31.8 Å². The highest BCUT2D eigenvalue weighted by Crippen LogP contribution is 2.17. The predicted molar refractivity (Wildman–Crippen MR) is 71.9 cm³/mol. The Hall–Kier alpha value is -0.940. The van der Waals surface area contributed by atoms with E-state index in [1.54, 1.807) is 7.11 Å². The van der Waals surface area contributed by atoms with Gasteiger partial charge in [0.05, 0.1) is 6.54 Å². The first kappa shape index (κ1) is 14.5. The minimum Gasteiger partial charge on any atom is -0.384 e. The number of ketones is 1. The van der Waals surface area contributed by atoms with E-state index in [0.29, 0.717) is 38.4 Å². The lowest BCUT2D eigenvalue weighted by atomic mass is 9.98. The maximum absolute atomic E-state index is 12.1. The number of methoxy groups -OCH3 is 1. The van der Waals surface area contributed by atoms with E-state index in [-0.39, 0.29) is 11.7 Å². The number of amides is 1. The molecule has 2 aliphatic heterocycles. The Bertz CT molecular complexity index is 315. The Balaban J connectivity index is 1.70. The average Bonchev–Trinajstić information content (AvgIpc) is 2.42. The first-order valence-electron chi connectivity index (χ1n) is 7.20. The second-order valence-corrected chi connectivity index (χ2v) is 5.59. The summed E-state index contributed by atoms with van der Waals surface area (Å²) in [6, 6.07) is 0. The van der Waals surface area contributed by atoms with E-state index in [1.807, 2.05) is 4.90 Å². The summed E-state index contributed by atoms with van der Waals surface area (Å²) in [4.78, 5) is 27.4. The van der Waals surface area contributed by atoms with Crippen LogP contribution in [0.5, 0.6) is 0 Å². The number of likely N-dealkylation sites (tertiary alicyclic amines) is 2. The van der Waals surface area contributed by atoms with Gasteiger partial charge in [0, 0.05) is 39.6 Å². The molecule has 0 spiro atoms. The highest BCUT2D eigenvalue weighted by Gasteiger charge is 2.25. The van der Waals surface area contributed by atoms with E-state index in [1.165, 1.54) is 0 Å². The van der Waals surface area contributed by atoms with Crippen molar-refractivity contribution in [2.24, 2.45) is 5.92 Å². The zero-order valence-corrected chi connectivity index (χ0v) is 11.8. The number of Topliss-reactive ketones (excluding diaryl/α,β-unsaturated/α-hetero) is 1. The zero-order chi connectivity index (χ0) is 13.7. The smallest absolute Gasteiger partial charge is 0.236 e. The lowest BCUT2D eigenvalue weighted by Crippen LogP contribution is -2.46. The van der Waals surface area contributed by atoms with Crippen LogP contribution < -0.4 is 0 Å². The molecule has 0 unspecified atom stereocenters. The molecule has 2 rings (SSSR count). The number of carbonyl (C=O) groups excluding carboxylic acids is 2. The first-order valence-corrected chi connectivity index (χ1v) is 7.20. The quantitative estimate of drug-likeness (QED) is 0.746. The minimum absolute atomic E-state index is 0.178. The fourth-order valence-corrected chi connectivity index (χ4v) is 2.84. The lowest BCUT2D eigenvalue weighted by molar-refractivity contribution is -0.135. The molecule has 0 N–H and O–H groups in total. The molecule has 0 saturated carbocycles. The van der Waals surface area contributed by atoms with Gasteiger partial charge in [-0.1, -0.05) is 0 Å². The van der Waals surface area contributed by atoms with Crippen LogP contribution in [0.3, 0.4) is 0 Å². The van der Waals surface area contributed by atoms with Crippen LogP contribution >= 0.6 is 0 Å². The van der Waals surface area contributed by atoms with Crippen LogP contribution in [-0.4, -0.2) is 67.9 Å². The number of nitrogens with zero attached hydrogens (tertiary/aromatic N) is 2. The number of rotatable bonds is 4. The molecule has 19 heavy (non-hydrogen) atoms. The van der Waals surface area contributed by atoms with Crippen molar-refractivity contribution in [3.63, 3.8) is 0 Å². The summed E-state index contributed by atoms with van der Waals surface area (Å²) in [5.74, 6) is 1.10. The molecule has 108 valence electrons. The van der Waals surface area contributed by atoms with Crippen molar-refractivity contribution >= 4 is 11.7 Å². The van der Waals surface area contributed by atoms with E-state index < -0.39 is 0 Å². The molecular formula is C14H24N2O3. The molecule has 0 radical (unpaired) electrons. The summed E-state index contributed by atoms with van der Waals surface area (Å²) in [6.45, 7) is 4.51. The van der Waals surface area contributed by atoms with Crippen LogP contribution in [-0.2, 0) is 14.3 Å². The van der Waals surface area contributed by atoms with Crippen LogP contribution in [0.25, 0.3) is 0 Å². The standard InChI is InChI=1S/C14H24N2O3/c1-19-11-12-2-6-15(7-3-12)10-14(18)16-8-4-13(17)5-9-16/h12H,2-11H2,1H3. The van der Waals surface area contributed by atoms with Gasteiger partial charge in [0.2, 0.25) is 5.91 Å². The fourth-order valence-electron chi connectivity index (χ4n) is 2.84. The molecule has 2 saturated heterocycles. The topological polar surface area (TPSA) is 49.9 Å².